The van der Waals surface area contributed by atoms with Gasteiger partial charge in [-0.15, -0.1) is 0 Å². The molecule has 1 amide bonds. The zero-order valence-corrected chi connectivity index (χ0v) is 17.6. The maximum absolute atomic E-state index is 12.8. The van der Waals surface area contributed by atoms with E-state index >= 15 is 0 Å². The second-order valence-electron chi connectivity index (χ2n) is 7.82. The van der Waals surface area contributed by atoms with Crippen LogP contribution in [0.2, 0.25) is 5.02 Å². The highest BCUT2D eigenvalue weighted by molar-refractivity contribution is 6.31. The van der Waals surface area contributed by atoms with E-state index in [0.29, 0.717) is 28.4 Å². The highest BCUT2D eigenvalue weighted by atomic mass is 35.5. The number of likely N-dealkylation sites (tertiary alicyclic amines) is 1. The minimum atomic E-state index is -0.212. The van der Waals surface area contributed by atoms with Crippen LogP contribution in [0.4, 0.5) is 11.5 Å². The zero-order valence-electron chi connectivity index (χ0n) is 16.8. The molecule has 2 N–H and O–H groups in total. The number of aryl methyl sites for hydroxylation is 1. The van der Waals surface area contributed by atoms with Gasteiger partial charge in [0.1, 0.15) is 5.82 Å². The Labute approximate surface area is 172 Å². The summed E-state index contributed by atoms with van der Waals surface area (Å²) in [4.78, 5) is 19.6. The number of nitrogens with zero attached hydrogens (tertiary/aromatic N) is 2. The van der Waals surface area contributed by atoms with Gasteiger partial charge in [0.15, 0.2) is 0 Å². The molecule has 2 heterocycles. The molecule has 1 saturated heterocycles. The van der Waals surface area contributed by atoms with E-state index in [4.69, 9.17) is 11.6 Å². The number of hydrogen-bond acceptors (Lipinski definition) is 4. The second kappa shape index (κ2) is 9.39. The van der Waals surface area contributed by atoms with Gasteiger partial charge >= 0.3 is 0 Å². The zero-order chi connectivity index (χ0) is 20.1. The number of rotatable bonds is 6. The van der Waals surface area contributed by atoms with E-state index in [-0.39, 0.29) is 5.91 Å². The molecule has 1 fully saturated rings. The van der Waals surface area contributed by atoms with Crippen LogP contribution in [0.25, 0.3) is 0 Å². The molecule has 0 saturated carbocycles. The molecule has 0 aliphatic carbocycles. The van der Waals surface area contributed by atoms with E-state index in [1.807, 2.05) is 25.1 Å². The van der Waals surface area contributed by atoms with E-state index in [9.17, 15) is 4.79 Å². The van der Waals surface area contributed by atoms with Gasteiger partial charge in [-0.2, -0.15) is 0 Å². The van der Waals surface area contributed by atoms with Gasteiger partial charge in [0.2, 0.25) is 0 Å². The molecule has 28 heavy (non-hydrogen) atoms. The summed E-state index contributed by atoms with van der Waals surface area (Å²) in [6.45, 7) is 9.59. The molecule has 5 nitrogen and oxygen atoms in total. The molecule has 0 radical (unpaired) electrons. The van der Waals surface area contributed by atoms with E-state index in [0.717, 1.165) is 30.9 Å². The molecule has 0 atom stereocenters. The van der Waals surface area contributed by atoms with Crippen molar-refractivity contribution in [3.63, 3.8) is 0 Å². The molecular weight excluding hydrogens is 372 g/mol. The lowest BCUT2D eigenvalue weighted by Gasteiger charge is -2.34. The second-order valence-corrected chi connectivity index (χ2v) is 8.26. The van der Waals surface area contributed by atoms with Crippen molar-refractivity contribution in [2.45, 2.75) is 39.7 Å². The standard InChI is InChI=1S/C22H29ClN4O/c1-15(2)27-10-8-17(9-11-27)14-24-20-6-5-18(23)12-19(20)22(28)26-21-7-4-16(3)13-25-21/h4-7,12-13,15,17,24H,8-11,14H2,1-3H3,(H,25,26,28). The molecule has 0 bridgehead atoms. The number of hydrogen-bond donors (Lipinski definition) is 2. The number of carbonyl (C=O) groups is 1. The summed E-state index contributed by atoms with van der Waals surface area (Å²) in [6.07, 6.45) is 4.08. The van der Waals surface area contributed by atoms with Gasteiger partial charge in [0.25, 0.3) is 5.91 Å². The Balaban J connectivity index is 1.64. The largest absolute Gasteiger partial charge is 0.384 e. The van der Waals surface area contributed by atoms with Gasteiger partial charge in [-0.25, -0.2) is 4.98 Å². The maximum atomic E-state index is 12.8. The van der Waals surface area contributed by atoms with Crippen LogP contribution in [0.5, 0.6) is 0 Å². The SMILES string of the molecule is Cc1ccc(NC(=O)c2cc(Cl)ccc2NCC2CCN(C(C)C)CC2)nc1. The lowest BCUT2D eigenvalue weighted by molar-refractivity contribution is 0.102. The Hall–Kier alpha value is -2.11. The van der Waals surface area contributed by atoms with Gasteiger partial charge in [0, 0.05) is 29.5 Å². The summed E-state index contributed by atoms with van der Waals surface area (Å²) in [5.41, 5.74) is 2.39. The molecule has 1 aliphatic heterocycles. The lowest BCUT2D eigenvalue weighted by Crippen LogP contribution is -2.39. The molecule has 150 valence electrons. The first kappa shape index (κ1) is 20.6. The molecule has 0 spiro atoms. The summed E-state index contributed by atoms with van der Waals surface area (Å²) in [6, 6.07) is 9.72. The van der Waals surface area contributed by atoms with Gasteiger partial charge in [-0.3, -0.25) is 4.79 Å². The van der Waals surface area contributed by atoms with Crippen molar-refractivity contribution in [3.8, 4) is 0 Å². The number of benzene rings is 1. The lowest BCUT2D eigenvalue weighted by atomic mass is 9.95. The summed E-state index contributed by atoms with van der Waals surface area (Å²) in [5.74, 6) is 0.930. The predicted octanol–water partition coefficient (Wildman–Crippen LogP) is 4.83. The quantitative estimate of drug-likeness (QED) is 0.729. The number of piperidine rings is 1. The summed E-state index contributed by atoms with van der Waals surface area (Å²) in [5, 5.41) is 6.87. The fraction of sp³-hybridized carbons (Fsp3) is 0.455. The summed E-state index contributed by atoms with van der Waals surface area (Å²) in [7, 11) is 0. The Morgan fingerprint density at radius 1 is 1.25 bits per heavy atom. The first-order valence-corrected chi connectivity index (χ1v) is 10.3. The smallest absolute Gasteiger partial charge is 0.258 e. The van der Waals surface area contributed by atoms with Crippen LogP contribution in [0.15, 0.2) is 36.5 Å². The highest BCUT2D eigenvalue weighted by Gasteiger charge is 2.21. The van der Waals surface area contributed by atoms with Crippen LogP contribution in [-0.4, -0.2) is 41.5 Å². The summed E-state index contributed by atoms with van der Waals surface area (Å²) < 4.78 is 0. The third kappa shape index (κ3) is 5.46. The van der Waals surface area contributed by atoms with E-state index < -0.39 is 0 Å². The van der Waals surface area contributed by atoms with Gasteiger partial charge < -0.3 is 15.5 Å². The van der Waals surface area contributed by atoms with Crippen molar-refractivity contribution in [3.05, 3.63) is 52.7 Å². The maximum Gasteiger partial charge on any atom is 0.258 e. The average Bonchev–Trinajstić information content (AvgIpc) is 2.69. The molecule has 0 unspecified atom stereocenters. The number of carbonyl (C=O) groups excluding carboxylic acids is 1. The number of halogens is 1. The van der Waals surface area contributed by atoms with Gasteiger partial charge in [-0.1, -0.05) is 17.7 Å². The fourth-order valence-corrected chi connectivity index (χ4v) is 3.68. The topological polar surface area (TPSA) is 57.3 Å². The van der Waals surface area contributed by atoms with Crippen LogP contribution in [-0.2, 0) is 0 Å². The van der Waals surface area contributed by atoms with Crippen LogP contribution < -0.4 is 10.6 Å². The minimum Gasteiger partial charge on any atom is -0.384 e. The Morgan fingerprint density at radius 2 is 2.00 bits per heavy atom. The van der Waals surface area contributed by atoms with E-state index in [2.05, 4.69) is 34.4 Å². The molecule has 3 rings (SSSR count). The van der Waals surface area contributed by atoms with Crippen LogP contribution >= 0.6 is 11.6 Å². The third-order valence-electron chi connectivity index (χ3n) is 5.34. The van der Waals surface area contributed by atoms with Crippen LogP contribution in [0.3, 0.4) is 0 Å². The molecule has 2 aromatic rings. The molecule has 1 aromatic heterocycles. The number of pyridine rings is 1. The monoisotopic (exact) mass is 400 g/mol. The van der Waals surface area contributed by atoms with E-state index in [1.165, 1.54) is 12.8 Å². The van der Waals surface area contributed by atoms with E-state index in [1.54, 1.807) is 18.3 Å². The van der Waals surface area contributed by atoms with Crippen molar-refractivity contribution in [1.82, 2.24) is 9.88 Å². The van der Waals surface area contributed by atoms with Crippen molar-refractivity contribution in [2.75, 3.05) is 30.3 Å². The number of nitrogens with one attached hydrogen (secondary N) is 2. The summed E-state index contributed by atoms with van der Waals surface area (Å²) >= 11 is 6.15. The van der Waals surface area contributed by atoms with Crippen molar-refractivity contribution in [2.24, 2.45) is 5.92 Å². The van der Waals surface area contributed by atoms with Gasteiger partial charge in [0.05, 0.1) is 5.56 Å². The fourth-order valence-electron chi connectivity index (χ4n) is 3.51. The van der Waals surface area contributed by atoms with Gasteiger partial charge in [-0.05, 0) is 82.4 Å². The van der Waals surface area contributed by atoms with Crippen LogP contribution in [0.1, 0.15) is 42.6 Å². The predicted molar refractivity (Wildman–Crippen MR) is 116 cm³/mol. The Bertz CT molecular complexity index is 799. The molecule has 1 aliphatic rings. The first-order valence-electron chi connectivity index (χ1n) is 9.94. The number of aromatic nitrogens is 1. The first-order chi connectivity index (χ1) is 13.4. The molecular formula is C22H29ClN4O. The number of amides is 1. The number of anilines is 2. The highest BCUT2D eigenvalue weighted by Crippen LogP contribution is 2.24. The molecule has 6 heteroatoms. The van der Waals surface area contributed by atoms with Crippen molar-refractivity contribution < 1.29 is 4.79 Å². The average molecular weight is 401 g/mol. The third-order valence-corrected chi connectivity index (χ3v) is 5.57. The van der Waals surface area contributed by atoms with Crippen molar-refractivity contribution >= 4 is 29.0 Å². The Kier molecular flexibility index (Phi) is 6.92. The van der Waals surface area contributed by atoms with Crippen molar-refractivity contribution in [1.29, 1.82) is 0 Å². The minimum absolute atomic E-state index is 0.212. The normalized spacial score (nSPS) is 15.6. The molecule has 1 aromatic carbocycles. The Morgan fingerprint density at radius 3 is 2.64 bits per heavy atom. The van der Waals surface area contributed by atoms with Crippen LogP contribution in [0, 0.1) is 12.8 Å².